The van der Waals surface area contributed by atoms with Crippen molar-refractivity contribution in [1.29, 1.82) is 0 Å². The number of rotatable bonds is 3. The molecule has 2 heteroatoms. The lowest BCUT2D eigenvalue weighted by Gasteiger charge is -2.19. The first kappa shape index (κ1) is 26.1. The van der Waals surface area contributed by atoms with E-state index in [-0.39, 0.29) is 0 Å². The van der Waals surface area contributed by atoms with Gasteiger partial charge in [0.2, 0.25) is 0 Å². The monoisotopic (exact) mass is 626 g/mol. The molecule has 2 aromatic heterocycles. The van der Waals surface area contributed by atoms with Crippen molar-refractivity contribution >= 4 is 85.8 Å². The van der Waals surface area contributed by atoms with Crippen LogP contribution in [0.15, 0.2) is 162 Å². The fourth-order valence-corrected chi connectivity index (χ4v) is 9.22. The van der Waals surface area contributed by atoms with Crippen LogP contribution in [0.25, 0.3) is 108 Å². The van der Waals surface area contributed by atoms with Gasteiger partial charge in [-0.2, -0.15) is 0 Å². The third-order valence-electron chi connectivity index (χ3n) is 10.2. The lowest BCUT2D eigenvalue weighted by molar-refractivity contribution is 0.669. The average molecular weight is 627 g/mol. The Morgan fingerprint density at radius 1 is 0.354 bits per heavy atom. The summed E-state index contributed by atoms with van der Waals surface area (Å²) in [7, 11) is 0. The Morgan fingerprint density at radius 3 is 1.75 bits per heavy atom. The van der Waals surface area contributed by atoms with E-state index in [1.807, 2.05) is 11.3 Å². The molecule has 222 valence electrons. The highest BCUT2D eigenvalue weighted by atomic mass is 32.1. The molecular formula is C46H26OS. The Hall–Kier alpha value is -5.96. The molecule has 0 spiro atoms. The standard InChI is InChI=1S/C46H26OS/c1-3-12-34-32(10-1)43(29-18-16-27(17-19-29)30-21-25-42-38(26-30)31-9-5-6-15-41(31)48-42)33-11-2-4-13-35(33)45(34)36-23-24-40-46-37(36)22-20-28-8-7-14-39(47-40)44(28)46/h1-26H. The topological polar surface area (TPSA) is 13.1 Å². The van der Waals surface area contributed by atoms with Gasteiger partial charge in [-0.05, 0) is 102 Å². The van der Waals surface area contributed by atoms with Crippen LogP contribution in [0.4, 0.5) is 0 Å². The SMILES string of the molecule is c1cc2ccc3c(-c4c5ccccc5c(-c5ccc(-c6ccc7sc8ccccc8c7c6)cc5)c5ccccc45)ccc4oc(c1)c2c43. The maximum absolute atomic E-state index is 6.33. The van der Waals surface area contributed by atoms with E-state index < -0.39 is 0 Å². The number of fused-ring (bicyclic) bond motifs is 5. The van der Waals surface area contributed by atoms with E-state index in [0.717, 1.165) is 11.2 Å². The molecule has 11 rings (SSSR count). The van der Waals surface area contributed by atoms with Crippen LogP contribution in [-0.2, 0) is 0 Å². The van der Waals surface area contributed by atoms with E-state index in [1.165, 1.54) is 96.6 Å². The summed E-state index contributed by atoms with van der Waals surface area (Å²) in [6, 6.07) is 57.9. The Balaban J connectivity index is 1.12. The third kappa shape index (κ3) is 3.61. The average Bonchev–Trinajstić information content (AvgIpc) is 3.72. The minimum atomic E-state index is 0.942. The van der Waals surface area contributed by atoms with Gasteiger partial charge in [-0.3, -0.25) is 0 Å². The maximum Gasteiger partial charge on any atom is 0.136 e. The first-order chi connectivity index (χ1) is 23.8. The van der Waals surface area contributed by atoms with Gasteiger partial charge in [-0.25, -0.2) is 0 Å². The highest BCUT2D eigenvalue weighted by Crippen LogP contribution is 2.48. The number of thiophene rings is 1. The predicted octanol–water partition coefficient (Wildman–Crippen LogP) is 13.9. The van der Waals surface area contributed by atoms with Gasteiger partial charge in [0.15, 0.2) is 0 Å². The van der Waals surface area contributed by atoms with Gasteiger partial charge in [-0.1, -0.05) is 121 Å². The molecule has 2 heterocycles. The summed E-state index contributed by atoms with van der Waals surface area (Å²) in [5.74, 6) is 0. The summed E-state index contributed by atoms with van der Waals surface area (Å²) in [4.78, 5) is 0. The Bertz CT molecular complexity index is 2990. The second kappa shape index (κ2) is 9.78. The van der Waals surface area contributed by atoms with E-state index in [0.29, 0.717) is 0 Å². The molecule has 48 heavy (non-hydrogen) atoms. The largest absolute Gasteiger partial charge is 0.456 e. The molecular weight excluding hydrogens is 601 g/mol. The lowest BCUT2D eigenvalue weighted by atomic mass is 9.84. The zero-order chi connectivity index (χ0) is 31.3. The number of hydrogen-bond acceptors (Lipinski definition) is 2. The van der Waals surface area contributed by atoms with Crippen molar-refractivity contribution in [3.63, 3.8) is 0 Å². The van der Waals surface area contributed by atoms with Crippen LogP contribution >= 0.6 is 11.3 Å². The van der Waals surface area contributed by atoms with E-state index in [9.17, 15) is 0 Å². The lowest BCUT2D eigenvalue weighted by Crippen LogP contribution is -1.92. The van der Waals surface area contributed by atoms with E-state index in [1.54, 1.807) is 0 Å². The summed E-state index contributed by atoms with van der Waals surface area (Å²) >= 11 is 1.86. The minimum Gasteiger partial charge on any atom is -0.456 e. The zero-order valence-corrected chi connectivity index (χ0v) is 26.6. The van der Waals surface area contributed by atoms with Crippen LogP contribution in [0.3, 0.4) is 0 Å². The van der Waals surface area contributed by atoms with Crippen molar-refractivity contribution in [1.82, 2.24) is 0 Å². The summed E-state index contributed by atoms with van der Waals surface area (Å²) < 4.78 is 9.01. The minimum absolute atomic E-state index is 0.942. The van der Waals surface area contributed by atoms with Gasteiger partial charge in [-0.15, -0.1) is 11.3 Å². The smallest absolute Gasteiger partial charge is 0.136 e. The number of hydrogen-bond donors (Lipinski definition) is 0. The van der Waals surface area contributed by atoms with Gasteiger partial charge in [0, 0.05) is 30.9 Å². The van der Waals surface area contributed by atoms with Gasteiger partial charge in [0.1, 0.15) is 11.2 Å². The maximum atomic E-state index is 6.33. The molecule has 0 aliphatic carbocycles. The van der Waals surface area contributed by atoms with Crippen LogP contribution in [0.5, 0.6) is 0 Å². The fourth-order valence-electron chi connectivity index (χ4n) is 8.13. The van der Waals surface area contributed by atoms with Crippen LogP contribution in [0.2, 0.25) is 0 Å². The van der Waals surface area contributed by atoms with E-state index >= 15 is 0 Å². The first-order valence-electron chi connectivity index (χ1n) is 16.4. The normalized spacial score (nSPS) is 12.2. The van der Waals surface area contributed by atoms with Crippen LogP contribution < -0.4 is 0 Å². The molecule has 0 atom stereocenters. The van der Waals surface area contributed by atoms with Crippen LogP contribution in [-0.4, -0.2) is 0 Å². The molecule has 0 saturated carbocycles. The molecule has 0 aliphatic heterocycles. The highest BCUT2D eigenvalue weighted by molar-refractivity contribution is 7.25. The molecule has 0 unspecified atom stereocenters. The van der Waals surface area contributed by atoms with Gasteiger partial charge >= 0.3 is 0 Å². The molecule has 0 saturated heterocycles. The molecule has 0 radical (unpaired) electrons. The fraction of sp³-hybridized carbons (Fsp3) is 0. The van der Waals surface area contributed by atoms with Crippen molar-refractivity contribution in [2.24, 2.45) is 0 Å². The van der Waals surface area contributed by atoms with Crippen molar-refractivity contribution < 1.29 is 4.42 Å². The predicted molar refractivity (Wildman–Crippen MR) is 207 cm³/mol. The van der Waals surface area contributed by atoms with Crippen molar-refractivity contribution in [3.8, 4) is 33.4 Å². The molecule has 11 aromatic rings. The molecule has 0 bridgehead atoms. The van der Waals surface area contributed by atoms with Crippen molar-refractivity contribution in [3.05, 3.63) is 158 Å². The second-order valence-corrected chi connectivity index (χ2v) is 13.9. The second-order valence-electron chi connectivity index (χ2n) is 12.8. The molecule has 0 aliphatic rings. The Kier molecular flexibility index (Phi) is 5.32. The number of furan rings is 1. The third-order valence-corrected chi connectivity index (χ3v) is 11.4. The van der Waals surface area contributed by atoms with Gasteiger partial charge < -0.3 is 4.42 Å². The molecule has 0 fully saturated rings. The highest BCUT2D eigenvalue weighted by Gasteiger charge is 2.21. The van der Waals surface area contributed by atoms with Gasteiger partial charge in [0.05, 0.1) is 0 Å². The molecule has 0 amide bonds. The Morgan fingerprint density at radius 2 is 0.979 bits per heavy atom. The summed E-state index contributed by atoms with van der Waals surface area (Å²) in [6.07, 6.45) is 0. The quantitative estimate of drug-likeness (QED) is 0.140. The van der Waals surface area contributed by atoms with Gasteiger partial charge in [0.25, 0.3) is 0 Å². The Labute approximate surface area is 280 Å². The van der Waals surface area contributed by atoms with E-state index in [4.69, 9.17) is 4.42 Å². The van der Waals surface area contributed by atoms with Crippen molar-refractivity contribution in [2.75, 3.05) is 0 Å². The number of benzene rings is 9. The van der Waals surface area contributed by atoms with Crippen LogP contribution in [0, 0.1) is 0 Å². The first-order valence-corrected chi connectivity index (χ1v) is 17.2. The molecule has 1 nitrogen and oxygen atoms in total. The summed E-state index contributed by atoms with van der Waals surface area (Å²) in [6.45, 7) is 0. The summed E-state index contributed by atoms with van der Waals surface area (Å²) in [5, 5.41) is 12.6. The van der Waals surface area contributed by atoms with E-state index in [2.05, 4.69) is 158 Å². The zero-order valence-electron chi connectivity index (χ0n) is 25.8. The van der Waals surface area contributed by atoms with Crippen LogP contribution in [0.1, 0.15) is 0 Å². The summed E-state index contributed by atoms with van der Waals surface area (Å²) in [5.41, 5.74) is 9.37. The molecule has 9 aromatic carbocycles. The van der Waals surface area contributed by atoms with Crippen molar-refractivity contribution in [2.45, 2.75) is 0 Å². The molecule has 0 N–H and O–H groups in total.